The fraction of sp³-hybridized carbons (Fsp3) is 1.00. The molecule has 0 spiro atoms. The largest absolute Gasteiger partial charge is 0.455 e. The summed E-state index contributed by atoms with van der Waals surface area (Å²) < 4.78 is 64.1. The fourth-order valence-corrected chi connectivity index (χ4v) is 0.939. The third kappa shape index (κ3) is 6.13. The molecule has 3 N–H and O–H groups in total. The number of halogens is 5. The smallest absolute Gasteiger partial charge is 0.394 e. The Morgan fingerprint density at radius 2 is 1.71 bits per heavy atom. The molecule has 0 saturated carbocycles. The molecule has 0 fully saturated rings. The quantitative estimate of drug-likeness (QED) is 0.544. The maximum Gasteiger partial charge on any atom is 0.455 e. The van der Waals surface area contributed by atoms with Gasteiger partial charge in [0, 0.05) is 12.1 Å². The molecule has 8 heteroatoms. The number of ether oxygens (including phenoxy) is 1. The Morgan fingerprint density at radius 3 is 2.12 bits per heavy atom. The van der Waals surface area contributed by atoms with Crippen LogP contribution in [-0.4, -0.2) is 42.6 Å². The van der Waals surface area contributed by atoms with Crippen LogP contribution < -0.4 is 5.73 Å². The van der Waals surface area contributed by atoms with Gasteiger partial charge >= 0.3 is 12.1 Å². The number of rotatable bonds is 7. The van der Waals surface area contributed by atoms with Gasteiger partial charge in [0.15, 0.2) is 0 Å². The van der Waals surface area contributed by atoms with Crippen molar-refractivity contribution in [2.75, 3.05) is 19.8 Å². The molecular formula is C9H16F5NO2. The van der Waals surface area contributed by atoms with E-state index in [0.717, 1.165) is 0 Å². The summed E-state index contributed by atoms with van der Waals surface area (Å²) in [5.74, 6) is -4.84. The highest BCUT2D eigenvalue weighted by atomic mass is 19.4. The van der Waals surface area contributed by atoms with Gasteiger partial charge in [-0.1, -0.05) is 0 Å². The summed E-state index contributed by atoms with van der Waals surface area (Å²) in [5, 5.41) is 8.75. The predicted octanol–water partition coefficient (Wildman–Crippen LogP) is 1.69. The maximum atomic E-state index is 12.3. The van der Waals surface area contributed by atoms with Crippen molar-refractivity contribution in [3.63, 3.8) is 0 Å². The first-order valence-corrected chi connectivity index (χ1v) is 4.94. The number of nitrogens with two attached hydrogens (primary N) is 1. The van der Waals surface area contributed by atoms with E-state index in [1.54, 1.807) is 0 Å². The predicted molar refractivity (Wildman–Crippen MR) is 50.7 cm³/mol. The molecule has 104 valence electrons. The van der Waals surface area contributed by atoms with Gasteiger partial charge in [0.2, 0.25) is 0 Å². The average molecular weight is 265 g/mol. The lowest BCUT2D eigenvalue weighted by molar-refractivity contribution is -0.296. The molecule has 0 aliphatic heterocycles. The molecule has 0 aromatic heterocycles. The number of hydrogen-bond donors (Lipinski definition) is 2. The Bertz CT molecular complexity index is 230. The summed E-state index contributed by atoms with van der Waals surface area (Å²) in [7, 11) is 0. The van der Waals surface area contributed by atoms with Crippen LogP contribution in [0.25, 0.3) is 0 Å². The number of aliphatic hydroxyl groups excluding tert-OH is 1. The molecular weight excluding hydrogens is 249 g/mol. The number of aliphatic hydroxyl groups is 1. The van der Waals surface area contributed by atoms with Crippen molar-refractivity contribution < 1.29 is 31.8 Å². The van der Waals surface area contributed by atoms with E-state index in [1.807, 2.05) is 0 Å². The molecule has 0 saturated heterocycles. The van der Waals surface area contributed by atoms with E-state index in [9.17, 15) is 22.0 Å². The zero-order valence-corrected chi connectivity index (χ0v) is 9.36. The average Bonchev–Trinajstić information content (AvgIpc) is 2.15. The molecule has 0 aliphatic carbocycles. The van der Waals surface area contributed by atoms with Crippen LogP contribution in [0.3, 0.4) is 0 Å². The minimum Gasteiger partial charge on any atom is -0.394 e. The van der Waals surface area contributed by atoms with Gasteiger partial charge < -0.3 is 15.6 Å². The molecule has 17 heavy (non-hydrogen) atoms. The van der Waals surface area contributed by atoms with Gasteiger partial charge in [-0.25, -0.2) is 0 Å². The highest BCUT2D eigenvalue weighted by Crippen LogP contribution is 2.35. The van der Waals surface area contributed by atoms with E-state index in [-0.39, 0.29) is 26.1 Å². The standard InChI is InChI=1S/C9H16F5NO2/c1-7(15,5-16)3-2-4-17-6-8(10,11)9(12,13)14/h16H,2-6,15H2,1H3. The zero-order valence-electron chi connectivity index (χ0n) is 9.36. The van der Waals surface area contributed by atoms with Crippen LogP contribution in [-0.2, 0) is 4.74 Å². The van der Waals surface area contributed by atoms with Crippen LogP contribution in [0.1, 0.15) is 19.8 Å². The van der Waals surface area contributed by atoms with Crippen LogP contribution in [0, 0.1) is 0 Å². The minimum atomic E-state index is -5.60. The summed E-state index contributed by atoms with van der Waals surface area (Å²) in [4.78, 5) is 0. The second-order valence-corrected chi connectivity index (χ2v) is 4.17. The lowest BCUT2D eigenvalue weighted by Crippen LogP contribution is -2.41. The highest BCUT2D eigenvalue weighted by Gasteiger charge is 2.57. The molecule has 0 bridgehead atoms. The first-order chi connectivity index (χ1) is 7.52. The zero-order chi connectivity index (χ0) is 13.7. The van der Waals surface area contributed by atoms with Gasteiger partial charge in [0.1, 0.15) is 6.61 Å². The third-order valence-corrected chi connectivity index (χ3v) is 2.10. The van der Waals surface area contributed by atoms with E-state index in [0.29, 0.717) is 0 Å². The van der Waals surface area contributed by atoms with Gasteiger partial charge in [-0.15, -0.1) is 0 Å². The normalized spacial score (nSPS) is 16.9. The van der Waals surface area contributed by atoms with Crippen LogP contribution in [0.5, 0.6) is 0 Å². The first kappa shape index (κ1) is 16.5. The Hall–Kier alpha value is -0.470. The van der Waals surface area contributed by atoms with Gasteiger partial charge in [0.05, 0.1) is 6.61 Å². The monoisotopic (exact) mass is 265 g/mol. The summed E-state index contributed by atoms with van der Waals surface area (Å²) in [5.41, 5.74) is 4.64. The SMILES string of the molecule is CC(N)(CO)CCCOCC(F)(F)C(F)(F)F. The van der Waals surface area contributed by atoms with E-state index in [2.05, 4.69) is 4.74 Å². The van der Waals surface area contributed by atoms with Gasteiger partial charge in [-0.05, 0) is 19.8 Å². The minimum absolute atomic E-state index is 0.196. The Balaban J connectivity index is 3.80. The molecule has 0 aromatic rings. The third-order valence-electron chi connectivity index (χ3n) is 2.10. The molecule has 0 amide bonds. The van der Waals surface area contributed by atoms with Crippen molar-refractivity contribution in [3.05, 3.63) is 0 Å². The van der Waals surface area contributed by atoms with E-state index in [1.165, 1.54) is 6.92 Å². The Morgan fingerprint density at radius 1 is 1.18 bits per heavy atom. The molecule has 1 unspecified atom stereocenters. The van der Waals surface area contributed by atoms with E-state index in [4.69, 9.17) is 10.8 Å². The topological polar surface area (TPSA) is 55.5 Å². The Kier molecular flexibility index (Phi) is 5.76. The second kappa shape index (κ2) is 5.92. The summed E-state index contributed by atoms with van der Waals surface area (Å²) in [6.07, 6.45) is -5.14. The van der Waals surface area contributed by atoms with Crippen molar-refractivity contribution in [1.29, 1.82) is 0 Å². The summed E-state index contributed by atoms with van der Waals surface area (Å²) in [6.45, 7) is -0.724. The molecule has 0 aliphatic rings. The second-order valence-electron chi connectivity index (χ2n) is 4.17. The van der Waals surface area contributed by atoms with Crippen molar-refractivity contribution in [2.24, 2.45) is 5.73 Å². The maximum absolute atomic E-state index is 12.3. The first-order valence-electron chi connectivity index (χ1n) is 4.94. The number of hydrogen-bond acceptors (Lipinski definition) is 3. The van der Waals surface area contributed by atoms with Crippen molar-refractivity contribution in [2.45, 2.75) is 37.4 Å². The van der Waals surface area contributed by atoms with Crippen LogP contribution in [0.15, 0.2) is 0 Å². The molecule has 3 nitrogen and oxygen atoms in total. The molecule has 0 radical (unpaired) electrons. The number of alkyl halides is 5. The van der Waals surface area contributed by atoms with Crippen molar-refractivity contribution in [3.8, 4) is 0 Å². The lowest BCUT2D eigenvalue weighted by Gasteiger charge is -2.22. The highest BCUT2D eigenvalue weighted by molar-refractivity contribution is 4.77. The molecule has 1 atom stereocenters. The fourth-order valence-electron chi connectivity index (χ4n) is 0.939. The Labute approximate surface area is 95.7 Å². The van der Waals surface area contributed by atoms with Gasteiger partial charge in [-0.2, -0.15) is 22.0 Å². The van der Waals surface area contributed by atoms with Crippen molar-refractivity contribution in [1.82, 2.24) is 0 Å². The van der Waals surface area contributed by atoms with Gasteiger partial charge in [0.25, 0.3) is 0 Å². The summed E-state index contributed by atoms with van der Waals surface area (Å²) >= 11 is 0. The molecule has 0 rings (SSSR count). The molecule has 0 aromatic carbocycles. The molecule has 0 heterocycles. The lowest BCUT2D eigenvalue weighted by atomic mass is 9.99. The van der Waals surface area contributed by atoms with E-state index < -0.39 is 24.2 Å². The van der Waals surface area contributed by atoms with E-state index >= 15 is 0 Å². The summed E-state index contributed by atoms with van der Waals surface area (Å²) in [6, 6.07) is 0. The van der Waals surface area contributed by atoms with Crippen LogP contribution in [0.2, 0.25) is 0 Å². The van der Waals surface area contributed by atoms with Crippen LogP contribution >= 0.6 is 0 Å². The van der Waals surface area contributed by atoms with Crippen LogP contribution in [0.4, 0.5) is 22.0 Å². The van der Waals surface area contributed by atoms with Crippen molar-refractivity contribution >= 4 is 0 Å². The van der Waals surface area contributed by atoms with Gasteiger partial charge in [-0.3, -0.25) is 0 Å².